The topological polar surface area (TPSA) is 66.5 Å². The van der Waals surface area contributed by atoms with Crippen molar-refractivity contribution in [3.05, 3.63) is 35.4 Å². The molecule has 1 N–H and O–H groups in total. The number of amides is 3. The van der Waals surface area contributed by atoms with Gasteiger partial charge in [0.05, 0.1) is 17.4 Å². The SMILES string of the molecule is O=C(NN1C(=O)[C@@H]2[C@@H]3CC[C@@H]([C@H]4C[C@H]43)[C@@H]2C1=O)c1ccc(C(F)(F)F)cc1. The highest BCUT2D eigenvalue weighted by atomic mass is 19.4. The molecule has 4 saturated carbocycles. The minimum absolute atomic E-state index is 0.0377. The lowest BCUT2D eigenvalue weighted by Gasteiger charge is -2.42. The monoisotopic (exact) mass is 378 g/mol. The first-order valence-electron chi connectivity index (χ1n) is 9.13. The van der Waals surface area contributed by atoms with Crippen LogP contribution in [0, 0.1) is 35.5 Å². The van der Waals surface area contributed by atoms with Crippen molar-refractivity contribution in [3.63, 3.8) is 0 Å². The molecule has 1 saturated heterocycles. The predicted molar refractivity (Wildman–Crippen MR) is 85.6 cm³/mol. The van der Waals surface area contributed by atoms with E-state index in [1.165, 1.54) is 0 Å². The van der Waals surface area contributed by atoms with Gasteiger partial charge in [-0.2, -0.15) is 18.2 Å². The number of hydrazine groups is 1. The summed E-state index contributed by atoms with van der Waals surface area (Å²) in [6.45, 7) is 0. The Labute approximate surface area is 152 Å². The van der Waals surface area contributed by atoms with Crippen molar-refractivity contribution in [1.29, 1.82) is 0 Å². The summed E-state index contributed by atoms with van der Waals surface area (Å²) in [5.41, 5.74) is 1.42. The summed E-state index contributed by atoms with van der Waals surface area (Å²) in [6, 6.07) is 3.68. The normalized spacial score (nSPS) is 36.5. The lowest BCUT2D eigenvalue weighted by atomic mass is 9.59. The van der Waals surface area contributed by atoms with E-state index in [1.807, 2.05) is 0 Å². The molecule has 5 nitrogen and oxygen atoms in total. The maximum atomic E-state index is 12.8. The van der Waals surface area contributed by atoms with E-state index in [4.69, 9.17) is 0 Å². The molecular formula is C19H17F3N2O3. The molecule has 8 heteroatoms. The number of nitrogens with zero attached hydrogens (tertiary/aromatic N) is 1. The summed E-state index contributed by atoms with van der Waals surface area (Å²) in [7, 11) is 0. The van der Waals surface area contributed by atoms with Gasteiger partial charge in [0.1, 0.15) is 0 Å². The summed E-state index contributed by atoms with van der Waals surface area (Å²) in [6.07, 6.45) is -1.49. The quantitative estimate of drug-likeness (QED) is 0.805. The number of hydrogen-bond donors (Lipinski definition) is 1. The fourth-order valence-corrected chi connectivity index (χ4v) is 5.62. The van der Waals surface area contributed by atoms with Crippen LogP contribution in [-0.2, 0) is 15.8 Å². The number of fused-ring (bicyclic) bond motifs is 1. The van der Waals surface area contributed by atoms with Gasteiger partial charge in [-0.25, -0.2) is 0 Å². The van der Waals surface area contributed by atoms with Crippen LogP contribution in [0.15, 0.2) is 24.3 Å². The van der Waals surface area contributed by atoms with E-state index in [-0.39, 0.29) is 41.0 Å². The van der Waals surface area contributed by atoms with Gasteiger partial charge in [-0.3, -0.25) is 19.8 Å². The molecule has 1 aromatic rings. The van der Waals surface area contributed by atoms with E-state index in [0.29, 0.717) is 11.8 Å². The number of carbonyl (C=O) groups excluding carboxylic acids is 3. The van der Waals surface area contributed by atoms with Crippen molar-refractivity contribution in [2.45, 2.75) is 25.4 Å². The zero-order valence-corrected chi connectivity index (χ0v) is 14.2. The van der Waals surface area contributed by atoms with Crippen molar-refractivity contribution in [2.75, 3.05) is 0 Å². The van der Waals surface area contributed by atoms with Crippen LogP contribution in [0.2, 0.25) is 0 Å². The fraction of sp³-hybridized carbons (Fsp3) is 0.526. The molecule has 6 atom stereocenters. The number of nitrogens with one attached hydrogen (secondary N) is 1. The standard InChI is InChI=1S/C19H17F3N2O3/c20-19(21,22)9-3-1-8(2-4-9)16(25)23-24-17(26)14-10-5-6-11(13-7-12(10)13)15(14)18(24)27/h1-4,10-15H,5-7H2,(H,23,25)/t10-,11+,12+,13-,14-,15+. The Bertz CT molecular complexity index is 817. The van der Waals surface area contributed by atoms with Crippen LogP contribution in [0.25, 0.3) is 0 Å². The van der Waals surface area contributed by atoms with E-state index in [9.17, 15) is 27.6 Å². The van der Waals surface area contributed by atoms with Crippen LogP contribution in [0.1, 0.15) is 35.2 Å². The van der Waals surface area contributed by atoms with Gasteiger partial charge >= 0.3 is 6.18 Å². The molecule has 5 aliphatic rings. The minimum atomic E-state index is -4.49. The van der Waals surface area contributed by atoms with Gasteiger partial charge in [-0.1, -0.05) is 0 Å². The Hall–Kier alpha value is -2.38. The summed E-state index contributed by atoms with van der Waals surface area (Å²) in [4.78, 5) is 38.0. The van der Waals surface area contributed by atoms with Crippen LogP contribution in [0.3, 0.4) is 0 Å². The molecule has 1 heterocycles. The first-order valence-corrected chi connectivity index (χ1v) is 9.13. The molecule has 6 rings (SSSR count). The summed E-state index contributed by atoms with van der Waals surface area (Å²) in [5.74, 6) is -0.707. The number of hydrogen-bond acceptors (Lipinski definition) is 3. The van der Waals surface area contributed by atoms with Gasteiger partial charge in [0, 0.05) is 5.56 Å². The lowest BCUT2D eigenvalue weighted by molar-refractivity contribution is -0.143. The van der Waals surface area contributed by atoms with Gasteiger partial charge in [0.15, 0.2) is 0 Å². The highest BCUT2D eigenvalue weighted by Gasteiger charge is 2.68. The maximum Gasteiger partial charge on any atom is 0.416 e. The van der Waals surface area contributed by atoms with Crippen molar-refractivity contribution in [3.8, 4) is 0 Å². The molecule has 3 amide bonds. The van der Waals surface area contributed by atoms with E-state index in [0.717, 1.165) is 48.5 Å². The number of rotatable bonds is 2. The van der Waals surface area contributed by atoms with Crippen LogP contribution in [0.5, 0.6) is 0 Å². The third kappa shape index (κ3) is 2.34. The van der Waals surface area contributed by atoms with Gasteiger partial charge in [-0.15, -0.1) is 0 Å². The Morgan fingerprint density at radius 1 is 0.926 bits per heavy atom. The van der Waals surface area contributed by atoms with Crippen molar-refractivity contribution in [2.24, 2.45) is 35.5 Å². The van der Waals surface area contributed by atoms with Crippen LogP contribution in [0.4, 0.5) is 13.2 Å². The molecule has 142 valence electrons. The third-order valence-corrected chi connectivity index (χ3v) is 6.83. The second-order valence-corrected chi connectivity index (χ2v) is 8.05. The highest BCUT2D eigenvalue weighted by molar-refractivity contribution is 6.08. The van der Waals surface area contributed by atoms with E-state index >= 15 is 0 Å². The Balaban J connectivity index is 1.35. The van der Waals surface area contributed by atoms with E-state index in [1.54, 1.807) is 0 Å². The zero-order valence-electron chi connectivity index (χ0n) is 14.2. The van der Waals surface area contributed by atoms with Gasteiger partial charge in [0.2, 0.25) is 0 Å². The molecule has 0 aromatic heterocycles. The van der Waals surface area contributed by atoms with Crippen molar-refractivity contribution < 1.29 is 27.6 Å². The van der Waals surface area contributed by atoms with Crippen LogP contribution in [-0.4, -0.2) is 22.7 Å². The second kappa shape index (κ2) is 5.33. The maximum absolute atomic E-state index is 12.8. The summed E-state index contributed by atoms with van der Waals surface area (Å²) >= 11 is 0. The smallest absolute Gasteiger partial charge is 0.272 e. The van der Waals surface area contributed by atoms with Gasteiger partial charge < -0.3 is 0 Å². The largest absolute Gasteiger partial charge is 0.416 e. The van der Waals surface area contributed by atoms with E-state index < -0.39 is 17.6 Å². The van der Waals surface area contributed by atoms with Gasteiger partial charge in [0.25, 0.3) is 17.7 Å². The average Bonchev–Trinajstić information content (AvgIpc) is 3.42. The fourth-order valence-electron chi connectivity index (χ4n) is 5.62. The number of imide groups is 1. The molecule has 0 radical (unpaired) electrons. The van der Waals surface area contributed by atoms with Crippen LogP contribution < -0.4 is 5.43 Å². The Kier molecular flexibility index (Phi) is 3.31. The second-order valence-electron chi connectivity index (χ2n) is 8.05. The molecule has 0 unspecified atom stereocenters. The van der Waals surface area contributed by atoms with Crippen molar-refractivity contribution >= 4 is 17.7 Å². The molecule has 1 aromatic carbocycles. The Morgan fingerprint density at radius 3 is 1.93 bits per heavy atom. The molecule has 4 aliphatic carbocycles. The Morgan fingerprint density at radius 2 is 1.44 bits per heavy atom. The number of halogens is 3. The molecule has 5 fully saturated rings. The lowest BCUT2D eigenvalue weighted by Crippen LogP contribution is -2.46. The molecule has 27 heavy (non-hydrogen) atoms. The first kappa shape index (κ1) is 16.8. The summed E-state index contributed by atoms with van der Waals surface area (Å²) in [5, 5.41) is 0.811. The third-order valence-electron chi connectivity index (χ3n) is 6.83. The molecule has 2 bridgehead atoms. The first-order chi connectivity index (χ1) is 12.8. The average molecular weight is 378 g/mol. The number of alkyl halides is 3. The molecular weight excluding hydrogens is 361 g/mol. The minimum Gasteiger partial charge on any atom is -0.272 e. The molecule has 0 spiro atoms. The van der Waals surface area contributed by atoms with Gasteiger partial charge in [-0.05, 0) is 67.2 Å². The molecule has 1 aliphatic heterocycles. The van der Waals surface area contributed by atoms with Crippen LogP contribution >= 0.6 is 0 Å². The number of benzene rings is 1. The predicted octanol–water partition coefficient (Wildman–Crippen LogP) is 2.63. The highest BCUT2D eigenvalue weighted by Crippen LogP contribution is 2.67. The zero-order chi connectivity index (χ0) is 19.1. The summed E-state index contributed by atoms with van der Waals surface area (Å²) < 4.78 is 37.9. The number of carbonyl (C=O) groups is 3. The van der Waals surface area contributed by atoms with Crippen molar-refractivity contribution in [1.82, 2.24) is 10.4 Å². The van der Waals surface area contributed by atoms with E-state index in [2.05, 4.69) is 5.43 Å².